The van der Waals surface area contributed by atoms with Crippen molar-refractivity contribution in [2.75, 3.05) is 5.73 Å². The number of aryl methyl sites for hydroxylation is 2. The minimum atomic E-state index is -0.0770. The van der Waals surface area contributed by atoms with E-state index in [1.54, 1.807) is 6.33 Å². The summed E-state index contributed by atoms with van der Waals surface area (Å²) in [7, 11) is 1.90. The minimum absolute atomic E-state index is 0.0770. The molecule has 7 nitrogen and oxygen atoms in total. The van der Waals surface area contributed by atoms with Crippen molar-refractivity contribution in [2.45, 2.75) is 19.9 Å². The van der Waals surface area contributed by atoms with Gasteiger partial charge < -0.3 is 10.3 Å². The van der Waals surface area contributed by atoms with Crippen LogP contribution in [0.25, 0.3) is 11.2 Å². The molecule has 0 aliphatic rings. The van der Waals surface area contributed by atoms with E-state index in [4.69, 9.17) is 5.73 Å². The van der Waals surface area contributed by atoms with Crippen molar-refractivity contribution >= 4 is 17.1 Å². The number of aromatic nitrogens is 6. The number of pyridine rings is 1. The average molecular weight is 257 g/mol. The number of imidazole rings is 1. The van der Waals surface area contributed by atoms with Crippen molar-refractivity contribution in [3.05, 3.63) is 30.0 Å². The van der Waals surface area contributed by atoms with Crippen molar-refractivity contribution in [2.24, 2.45) is 7.05 Å². The van der Waals surface area contributed by atoms with Crippen LogP contribution in [0.1, 0.15) is 24.5 Å². The van der Waals surface area contributed by atoms with Gasteiger partial charge in [-0.15, -0.1) is 10.2 Å². The molecular formula is C12H15N7. The molecule has 0 saturated heterocycles. The first-order valence-electron chi connectivity index (χ1n) is 6.03. The van der Waals surface area contributed by atoms with Gasteiger partial charge in [-0.2, -0.15) is 0 Å². The maximum absolute atomic E-state index is 6.01. The van der Waals surface area contributed by atoms with Crippen molar-refractivity contribution in [1.82, 2.24) is 29.3 Å². The molecule has 3 aromatic heterocycles. The number of rotatable bonds is 2. The van der Waals surface area contributed by atoms with Gasteiger partial charge in [0, 0.05) is 12.7 Å². The summed E-state index contributed by atoms with van der Waals surface area (Å²) in [5.41, 5.74) is 8.50. The molecule has 3 heterocycles. The number of hydrogen-bond acceptors (Lipinski definition) is 5. The van der Waals surface area contributed by atoms with E-state index in [0.717, 1.165) is 22.7 Å². The molecule has 0 aliphatic carbocycles. The molecular weight excluding hydrogens is 242 g/mol. The number of nitrogens with two attached hydrogens (primary N) is 1. The SMILES string of the molecule is Cc1ccc2nc(N)n(C(C)c3nncn3C)c2n1. The Kier molecular flexibility index (Phi) is 2.48. The van der Waals surface area contributed by atoms with Gasteiger partial charge in [0.1, 0.15) is 11.8 Å². The maximum Gasteiger partial charge on any atom is 0.203 e. The molecule has 19 heavy (non-hydrogen) atoms. The number of fused-ring (bicyclic) bond motifs is 1. The van der Waals surface area contributed by atoms with Crippen LogP contribution < -0.4 is 5.73 Å². The highest BCUT2D eigenvalue weighted by Gasteiger charge is 2.20. The highest BCUT2D eigenvalue weighted by molar-refractivity contribution is 5.74. The molecule has 98 valence electrons. The number of anilines is 1. The molecule has 0 radical (unpaired) electrons. The fourth-order valence-electron chi connectivity index (χ4n) is 2.25. The van der Waals surface area contributed by atoms with Crippen molar-refractivity contribution < 1.29 is 0 Å². The van der Waals surface area contributed by atoms with Gasteiger partial charge in [0.05, 0.1) is 6.04 Å². The van der Waals surface area contributed by atoms with Gasteiger partial charge in [0.2, 0.25) is 5.95 Å². The van der Waals surface area contributed by atoms with Gasteiger partial charge in [0.15, 0.2) is 11.5 Å². The lowest BCUT2D eigenvalue weighted by Gasteiger charge is -2.14. The zero-order valence-corrected chi connectivity index (χ0v) is 11.1. The molecule has 2 N–H and O–H groups in total. The van der Waals surface area contributed by atoms with Crippen molar-refractivity contribution in [3.8, 4) is 0 Å². The highest BCUT2D eigenvalue weighted by atomic mass is 15.3. The Bertz CT molecular complexity index is 740. The van der Waals surface area contributed by atoms with E-state index in [1.807, 2.05) is 42.2 Å². The Balaban J connectivity index is 2.22. The third kappa shape index (κ3) is 1.74. The van der Waals surface area contributed by atoms with Crippen LogP contribution in [-0.2, 0) is 7.05 Å². The summed E-state index contributed by atoms with van der Waals surface area (Å²) in [6.07, 6.45) is 1.67. The van der Waals surface area contributed by atoms with E-state index >= 15 is 0 Å². The Morgan fingerprint density at radius 3 is 2.74 bits per heavy atom. The zero-order chi connectivity index (χ0) is 13.6. The van der Waals surface area contributed by atoms with E-state index in [1.165, 1.54) is 0 Å². The van der Waals surface area contributed by atoms with Crippen LogP contribution in [-0.4, -0.2) is 29.3 Å². The summed E-state index contributed by atoms with van der Waals surface area (Å²) in [6, 6.07) is 3.77. The van der Waals surface area contributed by atoms with Crippen LogP contribution in [0.4, 0.5) is 5.95 Å². The first-order chi connectivity index (χ1) is 9.08. The molecule has 0 aliphatic heterocycles. The van der Waals surface area contributed by atoms with Gasteiger partial charge >= 0.3 is 0 Å². The molecule has 3 aromatic rings. The topological polar surface area (TPSA) is 87.4 Å². The molecule has 0 spiro atoms. The molecule has 1 unspecified atom stereocenters. The predicted molar refractivity (Wildman–Crippen MR) is 71.5 cm³/mol. The van der Waals surface area contributed by atoms with E-state index in [2.05, 4.69) is 20.2 Å². The summed E-state index contributed by atoms with van der Waals surface area (Å²) in [6.45, 7) is 3.95. The number of hydrogen-bond donors (Lipinski definition) is 1. The van der Waals surface area contributed by atoms with Crippen LogP contribution in [0.5, 0.6) is 0 Å². The lowest BCUT2D eigenvalue weighted by atomic mass is 10.3. The van der Waals surface area contributed by atoms with Crippen molar-refractivity contribution in [1.29, 1.82) is 0 Å². The van der Waals surface area contributed by atoms with E-state index in [0.29, 0.717) is 5.95 Å². The number of nitrogens with zero attached hydrogens (tertiary/aromatic N) is 6. The normalized spacial score (nSPS) is 13.0. The Hall–Kier alpha value is -2.44. The monoisotopic (exact) mass is 257 g/mol. The molecule has 1 atom stereocenters. The quantitative estimate of drug-likeness (QED) is 0.741. The van der Waals surface area contributed by atoms with Gasteiger partial charge in [-0.25, -0.2) is 9.97 Å². The maximum atomic E-state index is 6.01. The number of nitrogen functional groups attached to an aromatic ring is 1. The summed E-state index contributed by atoms with van der Waals surface area (Å²) in [5, 5.41) is 8.02. The Labute approximate surface area is 110 Å². The predicted octanol–water partition coefficient (Wildman–Crippen LogP) is 1.06. The van der Waals surface area contributed by atoms with Crippen LogP contribution in [0.2, 0.25) is 0 Å². The molecule has 7 heteroatoms. The fourth-order valence-corrected chi connectivity index (χ4v) is 2.25. The second-order valence-corrected chi connectivity index (χ2v) is 4.61. The van der Waals surface area contributed by atoms with Gasteiger partial charge in [0.25, 0.3) is 0 Å². The third-order valence-electron chi connectivity index (χ3n) is 3.21. The lowest BCUT2D eigenvalue weighted by Crippen LogP contribution is -2.14. The smallest absolute Gasteiger partial charge is 0.203 e. The summed E-state index contributed by atoms with van der Waals surface area (Å²) in [5.74, 6) is 1.25. The van der Waals surface area contributed by atoms with Crippen LogP contribution >= 0.6 is 0 Å². The summed E-state index contributed by atoms with van der Waals surface area (Å²) < 4.78 is 3.75. The molecule has 0 fully saturated rings. The third-order valence-corrected chi connectivity index (χ3v) is 3.21. The molecule has 3 rings (SSSR count). The lowest BCUT2D eigenvalue weighted by molar-refractivity contribution is 0.590. The molecule has 0 amide bonds. The van der Waals surface area contributed by atoms with Crippen LogP contribution in [0, 0.1) is 6.92 Å². The Morgan fingerprint density at radius 2 is 2.05 bits per heavy atom. The van der Waals surface area contributed by atoms with Crippen LogP contribution in [0.15, 0.2) is 18.5 Å². The second-order valence-electron chi connectivity index (χ2n) is 4.61. The Morgan fingerprint density at radius 1 is 1.26 bits per heavy atom. The largest absolute Gasteiger partial charge is 0.369 e. The second kappa shape index (κ2) is 4.04. The summed E-state index contributed by atoms with van der Waals surface area (Å²) in [4.78, 5) is 8.86. The average Bonchev–Trinajstić information content (AvgIpc) is 2.91. The molecule has 0 saturated carbocycles. The minimum Gasteiger partial charge on any atom is -0.369 e. The van der Waals surface area contributed by atoms with Gasteiger partial charge in [-0.05, 0) is 26.0 Å². The van der Waals surface area contributed by atoms with E-state index in [-0.39, 0.29) is 6.04 Å². The first kappa shape index (κ1) is 11.6. The van der Waals surface area contributed by atoms with E-state index < -0.39 is 0 Å². The van der Waals surface area contributed by atoms with E-state index in [9.17, 15) is 0 Å². The summed E-state index contributed by atoms with van der Waals surface area (Å²) >= 11 is 0. The zero-order valence-electron chi connectivity index (χ0n) is 11.1. The molecule has 0 aromatic carbocycles. The fraction of sp³-hybridized carbons (Fsp3) is 0.333. The van der Waals surface area contributed by atoms with Gasteiger partial charge in [-0.3, -0.25) is 4.57 Å². The van der Waals surface area contributed by atoms with Crippen LogP contribution in [0.3, 0.4) is 0 Å². The first-order valence-corrected chi connectivity index (χ1v) is 6.03. The van der Waals surface area contributed by atoms with Gasteiger partial charge in [-0.1, -0.05) is 0 Å². The molecule has 0 bridgehead atoms. The van der Waals surface area contributed by atoms with Crippen molar-refractivity contribution in [3.63, 3.8) is 0 Å². The standard InChI is InChI=1S/C12H15N7/c1-7-4-5-9-11(15-7)19(12(13)16-9)8(2)10-17-14-6-18(10)3/h4-6,8H,1-3H3,(H2,13,16). The highest BCUT2D eigenvalue weighted by Crippen LogP contribution is 2.24.